The molecule has 11 heteroatoms. The fourth-order valence-electron chi connectivity index (χ4n) is 4.65. The highest BCUT2D eigenvalue weighted by atomic mass is 35.5. The number of alkyl halides is 3. The SMILES string of the molecule is C[C@@H](C(=O)OCC(=O)Nc1cc(C(F)(F)F)ccc1Cl)N1C(=O)[C@@H]2[C@H](C1=O)[C@H]1C=C[C@H]2C1. The van der Waals surface area contributed by atoms with E-state index in [1.807, 2.05) is 12.2 Å². The fourth-order valence-corrected chi connectivity index (χ4v) is 4.82. The lowest BCUT2D eigenvalue weighted by Gasteiger charge is -2.23. The molecule has 1 saturated heterocycles. The van der Waals surface area contributed by atoms with E-state index in [-0.39, 0.29) is 22.5 Å². The van der Waals surface area contributed by atoms with Gasteiger partial charge in [0.05, 0.1) is 28.1 Å². The molecule has 1 aromatic rings. The van der Waals surface area contributed by atoms with Crippen molar-refractivity contribution >= 4 is 41.0 Å². The number of likely N-dealkylation sites (tertiary alicyclic amines) is 1. The zero-order chi connectivity index (χ0) is 23.4. The number of hydrogen-bond donors (Lipinski definition) is 1. The Morgan fingerprint density at radius 2 is 1.78 bits per heavy atom. The second-order valence-corrected chi connectivity index (χ2v) is 8.48. The monoisotopic (exact) mass is 470 g/mol. The van der Waals surface area contributed by atoms with Gasteiger partial charge in [-0.2, -0.15) is 13.2 Å². The predicted octanol–water partition coefficient (Wildman–Crippen LogP) is 3.04. The van der Waals surface area contributed by atoms with Gasteiger partial charge in [0.25, 0.3) is 5.91 Å². The molecule has 32 heavy (non-hydrogen) atoms. The molecule has 5 atom stereocenters. The molecule has 0 radical (unpaired) electrons. The van der Waals surface area contributed by atoms with Gasteiger partial charge in [-0.3, -0.25) is 19.3 Å². The Hall–Kier alpha value is -2.88. The maximum absolute atomic E-state index is 12.8. The molecule has 170 valence electrons. The topological polar surface area (TPSA) is 92.8 Å². The van der Waals surface area contributed by atoms with Crippen LogP contribution in [0, 0.1) is 23.7 Å². The van der Waals surface area contributed by atoms with Gasteiger partial charge in [-0.05, 0) is 43.4 Å². The predicted molar refractivity (Wildman–Crippen MR) is 105 cm³/mol. The Labute approximate surface area is 185 Å². The average molecular weight is 471 g/mol. The number of carbonyl (C=O) groups excluding carboxylic acids is 4. The van der Waals surface area contributed by atoms with Crippen molar-refractivity contribution in [1.29, 1.82) is 0 Å². The highest BCUT2D eigenvalue weighted by Crippen LogP contribution is 2.52. The van der Waals surface area contributed by atoms with E-state index < -0.39 is 59.9 Å². The lowest BCUT2D eigenvalue weighted by molar-refractivity contribution is -0.159. The minimum absolute atomic E-state index is 0.0161. The van der Waals surface area contributed by atoms with E-state index in [9.17, 15) is 32.3 Å². The summed E-state index contributed by atoms with van der Waals surface area (Å²) < 4.78 is 43.4. The summed E-state index contributed by atoms with van der Waals surface area (Å²) in [5, 5.41) is 2.02. The van der Waals surface area contributed by atoms with Gasteiger partial charge < -0.3 is 10.1 Å². The number of nitrogens with zero attached hydrogens (tertiary/aromatic N) is 1. The number of rotatable bonds is 5. The Balaban J connectivity index is 1.36. The van der Waals surface area contributed by atoms with E-state index in [2.05, 4.69) is 5.32 Å². The van der Waals surface area contributed by atoms with Crippen LogP contribution in [0.3, 0.4) is 0 Å². The fraction of sp³-hybridized carbons (Fsp3) is 0.429. The summed E-state index contributed by atoms with van der Waals surface area (Å²) in [6.07, 6.45) is -0.0364. The number of benzene rings is 1. The van der Waals surface area contributed by atoms with Gasteiger partial charge in [-0.15, -0.1) is 0 Å². The first-order valence-electron chi connectivity index (χ1n) is 9.87. The van der Waals surface area contributed by atoms with E-state index in [0.29, 0.717) is 6.07 Å². The van der Waals surface area contributed by atoms with E-state index in [4.69, 9.17) is 16.3 Å². The van der Waals surface area contributed by atoms with Crippen molar-refractivity contribution in [2.45, 2.75) is 25.6 Å². The zero-order valence-electron chi connectivity index (χ0n) is 16.7. The molecule has 2 aliphatic carbocycles. The largest absolute Gasteiger partial charge is 0.454 e. The third kappa shape index (κ3) is 3.76. The Kier molecular flexibility index (Phi) is 5.52. The molecule has 7 nitrogen and oxygen atoms in total. The van der Waals surface area contributed by atoms with Crippen LogP contribution in [0.25, 0.3) is 0 Å². The molecule has 1 aromatic carbocycles. The van der Waals surface area contributed by atoms with Gasteiger partial charge >= 0.3 is 12.1 Å². The molecule has 2 fully saturated rings. The molecule has 2 bridgehead atoms. The highest BCUT2D eigenvalue weighted by molar-refractivity contribution is 6.33. The first-order valence-corrected chi connectivity index (χ1v) is 10.3. The maximum atomic E-state index is 12.8. The first kappa shape index (κ1) is 22.3. The maximum Gasteiger partial charge on any atom is 0.416 e. The van der Waals surface area contributed by atoms with Crippen LogP contribution in [-0.2, 0) is 30.1 Å². The number of hydrogen-bond acceptors (Lipinski definition) is 5. The van der Waals surface area contributed by atoms with Crippen LogP contribution >= 0.6 is 11.6 Å². The number of halogens is 4. The van der Waals surface area contributed by atoms with Crippen LogP contribution in [0.1, 0.15) is 18.9 Å². The molecule has 0 aromatic heterocycles. The minimum atomic E-state index is -4.63. The molecule has 0 spiro atoms. The van der Waals surface area contributed by atoms with E-state index in [1.54, 1.807) is 0 Å². The standard InChI is InChI=1S/C21H18ClF3N2O5/c1-9(27-18(29)16-10-2-3-11(6-10)17(16)19(27)30)20(31)32-8-15(28)26-14-7-12(21(23,24)25)4-5-13(14)22/h2-5,7,9-11,16-17H,6,8H2,1H3,(H,26,28)/t9-,10-,11-,16-,17+/m0/s1. The molecule has 1 heterocycles. The van der Waals surface area contributed by atoms with E-state index >= 15 is 0 Å². The number of esters is 1. The smallest absolute Gasteiger partial charge is 0.416 e. The quantitative estimate of drug-likeness (QED) is 0.405. The summed E-state index contributed by atoms with van der Waals surface area (Å²) in [6.45, 7) is 0.502. The molecule has 3 aliphatic rings. The number of nitrogens with one attached hydrogen (secondary N) is 1. The van der Waals surface area contributed by atoms with Crippen molar-refractivity contribution in [3.8, 4) is 0 Å². The number of carbonyl (C=O) groups is 4. The van der Waals surface area contributed by atoms with Crippen molar-refractivity contribution in [1.82, 2.24) is 4.90 Å². The van der Waals surface area contributed by atoms with Gasteiger partial charge in [-0.1, -0.05) is 23.8 Å². The van der Waals surface area contributed by atoms with Gasteiger partial charge in [0.2, 0.25) is 11.8 Å². The second kappa shape index (κ2) is 7.91. The average Bonchev–Trinajstić information content (AvgIpc) is 3.40. The van der Waals surface area contributed by atoms with Crippen LogP contribution in [0.5, 0.6) is 0 Å². The molecule has 1 saturated carbocycles. The second-order valence-electron chi connectivity index (χ2n) is 8.07. The minimum Gasteiger partial charge on any atom is -0.454 e. The third-order valence-electron chi connectivity index (χ3n) is 6.15. The summed E-state index contributed by atoms with van der Waals surface area (Å²) in [5.41, 5.74) is -1.31. The van der Waals surface area contributed by atoms with Crippen LogP contribution in [-0.4, -0.2) is 41.2 Å². The van der Waals surface area contributed by atoms with Crippen molar-refractivity contribution in [2.75, 3.05) is 11.9 Å². The zero-order valence-corrected chi connectivity index (χ0v) is 17.4. The summed E-state index contributed by atoms with van der Waals surface area (Å²) in [6, 6.07) is 1.18. The van der Waals surface area contributed by atoms with Crippen LogP contribution in [0.4, 0.5) is 18.9 Å². The van der Waals surface area contributed by atoms with Crippen molar-refractivity contribution in [3.63, 3.8) is 0 Å². The van der Waals surface area contributed by atoms with Crippen molar-refractivity contribution < 1.29 is 37.1 Å². The number of allylic oxidation sites excluding steroid dienone is 2. The molecule has 3 amide bonds. The molecule has 0 unspecified atom stereocenters. The summed E-state index contributed by atoms with van der Waals surface area (Å²) in [5.74, 6) is -3.74. The Bertz CT molecular complexity index is 1010. The van der Waals surface area contributed by atoms with Crippen LogP contribution in [0.2, 0.25) is 5.02 Å². The molecular weight excluding hydrogens is 453 g/mol. The first-order chi connectivity index (χ1) is 15.0. The van der Waals surface area contributed by atoms with Crippen LogP contribution in [0.15, 0.2) is 30.4 Å². The number of anilines is 1. The van der Waals surface area contributed by atoms with Gasteiger partial charge in [0.1, 0.15) is 6.04 Å². The number of fused-ring (bicyclic) bond motifs is 5. The number of imide groups is 1. The molecule has 1 aliphatic heterocycles. The lowest BCUT2D eigenvalue weighted by Crippen LogP contribution is -2.45. The lowest BCUT2D eigenvalue weighted by atomic mass is 9.85. The Morgan fingerprint density at radius 1 is 1.19 bits per heavy atom. The summed E-state index contributed by atoms with van der Waals surface area (Å²) in [4.78, 5) is 50.8. The third-order valence-corrected chi connectivity index (χ3v) is 6.48. The number of ether oxygens (including phenoxy) is 1. The normalized spacial score (nSPS) is 27.0. The van der Waals surface area contributed by atoms with Gasteiger partial charge in [0, 0.05) is 0 Å². The molecule has 4 rings (SSSR count). The summed E-state index contributed by atoms with van der Waals surface area (Å²) >= 11 is 5.82. The number of amides is 3. The Morgan fingerprint density at radius 3 is 2.34 bits per heavy atom. The summed E-state index contributed by atoms with van der Waals surface area (Å²) in [7, 11) is 0. The van der Waals surface area contributed by atoms with Crippen molar-refractivity contribution in [3.05, 3.63) is 40.9 Å². The van der Waals surface area contributed by atoms with Gasteiger partial charge in [0.15, 0.2) is 6.61 Å². The van der Waals surface area contributed by atoms with Crippen molar-refractivity contribution in [2.24, 2.45) is 23.7 Å². The molecular formula is C21H18ClF3N2O5. The van der Waals surface area contributed by atoms with Crippen LogP contribution < -0.4 is 5.32 Å². The van der Waals surface area contributed by atoms with E-state index in [1.165, 1.54) is 6.92 Å². The highest BCUT2D eigenvalue weighted by Gasteiger charge is 2.60. The van der Waals surface area contributed by atoms with Gasteiger partial charge in [-0.25, -0.2) is 4.79 Å². The van der Waals surface area contributed by atoms with E-state index in [0.717, 1.165) is 23.5 Å². The molecule has 1 N–H and O–H groups in total.